The summed E-state index contributed by atoms with van der Waals surface area (Å²) in [6.07, 6.45) is 7.63. The number of halogens is 1. The molecule has 13 heteroatoms. The molecule has 1 aromatic heterocycles. The maximum atomic E-state index is 12.9. The fraction of sp³-hybridized carbons (Fsp3) is 0.379. The van der Waals surface area contributed by atoms with E-state index in [0.29, 0.717) is 15.8 Å². The van der Waals surface area contributed by atoms with E-state index in [0.717, 1.165) is 16.5 Å². The van der Waals surface area contributed by atoms with Gasteiger partial charge in [0.15, 0.2) is 11.5 Å². The predicted octanol–water partition coefficient (Wildman–Crippen LogP) is 5.34. The van der Waals surface area contributed by atoms with Crippen molar-refractivity contribution in [1.82, 2.24) is 4.98 Å². The summed E-state index contributed by atoms with van der Waals surface area (Å²) < 4.78 is 40.4. The molecule has 2 aliphatic heterocycles. The molecule has 0 spiro atoms. The fourth-order valence-corrected chi connectivity index (χ4v) is 6.52. The summed E-state index contributed by atoms with van der Waals surface area (Å²) in [4.78, 5) is 3.13. The van der Waals surface area contributed by atoms with E-state index in [2.05, 4.69) is 32.3 Å². The van der Waals surface area contributed by atoms with Gasteiger partial charge in [0.1, 0.15) is 17.4 Å². The Morgan fingerprint density at radius 2 is 1.93 bits per heavy atom. The average Bonchev–Trinajstić information content (AvgIpc) is 3.28. The average molecular weight is 659 g/mol. The van der Waals surface area contributed by atoms with Crippen molar-refractivity contribution in [3.8, 4) is 29.4 Å². The van der Waals surface area contributed by atoms with Crippen LogP contribution in [0.15, 0.2) is 52.5 Å². The summed E-state index contributed by atoms with van der Waals surface area (Å²) in [5, 5.41) is 21.9. The predicted molar refractivity (Wildman–Crippen MR) is 160 cm³/mol. The van der Waals surface area contributed by atoms with Gasteiger partial charge in [-0.3, -0.25) is 9.05 Å². The van der Waals surface area contributed by atoms with Gasteiger partial charge in [-0.25, -0.2) is 4.57 Å². The van der Waals surface area contributed by atoms with Crippen LogP contribution in [0, 0.1) is 22.7 Å². The summed E-state index contributed by atoms with van der Waals surface area (Å²) in [7, 11) is -1.44. The Bertz CT molecular complexity index is 1560. The number of nitrogens with one attached hydrogen (secondary N) is 1. The van der Waals surface area contributed by atoms with Gasteiger partial charge in [0.25, 0.3) is 0 Å². The first-order chi connectivity index (χ1) is 20.4. The highest BCUT2D eigenvalue weighted by Crippen LogP contribution is 2.54. The molecule has 11 nitrogen and oxygen atoms in total. The molecule has 5 rings (SSSR count). The highest BCUT2D eigenvalue weighted by molar-refractivity contribution is 9.10. The number of nitriles is 2. The summed E-state index contributed by atoms with van der Waals surface area (Å²) >= 11 is 3.44. The van der Waals surface area contributed by atoms with E-state index in [1.807, 2.05) is 24.3 Å². The smallest absolute Gasteiger partial charge is 0.493 e. The molecule has 3 aromatic rings. The van der Waals surface area contributed by atoms with Crippen LogP contribution in [0.2, 0.25) is 0 Å². The summed E-state index contributed by atoms with van der Waals surface area (Å²) in [5.41, 5.74) is 8.65. The third-order valence-electron chi connectivity index (χ3n) is 6.95. The number of aromatic amines is 1. The molecule has 5 N–H and O–H groups in total. The molecular formula is C29H34BrN5O6P+. The van der Waals surface area contributed by atoms with Gasteiger partial charge in [-0.05, 0) is 71.4 Å². The number of nitrogens with zero attached hydrogens (tertiary/aromatic N) is 2. The topological polar surface area (TPSA) is 169 Å². The number of phosphoric ester groups is 1. The number of benzene rings is 2. The first-order valence-electron chi connectivity index (χ1n) is 13.6. The fourth-order valence-electron chi connectivity index (χ4n) is 4.89. The van der Waals surface area contributed by atoms with E-state index in [4.69, 9.17) is 34.0 Å². The van der Waals surface area contributed by atoms with Crippen molar-refractivity contribution >= 4 is 34.7 Å². The molecule has 3 heterocycles. The number of quaternary nitrogens is 1. The van der Waals surface area contributed by atoms with E-state index in [1.165, 1.54) is 53.0 Å². The Hall–Kier alpha value is -3.51. The molecule has 0 saturated carbocycles. The Kier molecular flexibility index (Phi) is 10.9. The molecule has 0 bridgehead atoms. The van der Waals surface area contributed by atoms with Crippen LogP contribution in [0.4, 0.5) is 0 Å². The monoisotopic (exact) mass is 658 g/mol. The number of hydrogen-bond acceptors (Lipinski definition) is 9. The molecule has 2 aromatic carbocycles. The number of fused-ring (bicyclic) bond motifs is 3. The maximum Gasteiger partial charge on any atom is 0.529 e. The standard InChI is InChI=1S/C23H20BrN4O6P.C6H13N/c1-30-19-11-13(10-17(24)22(19)34-35(29,31-2)32-9-3-7-25)20-15-4-5-18-14(6-8-28-18)21(15)33-23(27)16(20)12-26;1-2-4-6-7-5-3-1/h4-6,8,10-11,20,28H,3,9,27H2,1-2H3;7H,1-6H2/p+1. The molecule has 42 heavy (non-hydrogen) atoms. The lowest BCUT2D eigenvalue weighted by Crippen LogP contribution is -2.83. The summed E-state index contributed by atoms with van der Waals surface area (Å²) in [6.45, 7) is 2.61. The summed E-state index contributed by atoms with van der Waals surface area (Å²) in [5.74, 6) is 0.270. The quantitative estimate of drug-likeness (QED) is 0.213. The van der Waals surface area contributed by atoms with Crippen molar-refractivity contribution < 1.29 is 32.9 Å². The van der Waals surface area contributed by atoms with E-state index < -0.39 is 13.7 Å². The lowest BCUT2D eigenvalue weighted by atomic mass is 9.83. The lowest BCUT2D eigenvalue weighted by molar-refractivity contribution is -0.653. The minimum atomic E-state index is -4.03. The minimum absolute atomic E-state index is 0.00360. The molecule has 1 fully saturated rings. The number of allylic oxidation sites excluding steroid dienone is 1. The van der Waals surface area contributed by atoms with Gasteiger partial charge < -0.3 is 30.0 Å². The Labute approximate surface area is 253 Å². The third-order valence-corrected chi connectivity index (χ3v) is 8.90. The van der Waals surface area contributed by atoms with Crippen LogP contribution < -0.4 is 25.0 Å². The number of ether oxygens (including phenoxy) is 2. The van der Waals surface area contributed by atoms with Crippen molar-refractivity contribution in [2.24, 2.45) is 5.73 Å². The second-order valence-electron chi connectivity index (χ2n) is 9.62. The molecule has 2 aliphatic rings. The van der Waals surface area contributed by atoms with Gasteiger partial charge in [-0.2, -0.15) is 10.5 Å². The van der Waals surface area contributed by atoms with Crippen molar-refractivity contribution in [3.63, 3.8) is 0 Å². The third kappa shape index (κ3) is 7.09. The Morgan fingerprint density at radius 1 is 1.17 bits per heavy atom. The number of methoxy groups -OCH3 is 1. The van der Waals surface area contributed by atoms with Gasteiger partial charge in [-0.1, -0.05) is 6.07 Å². The second kappa shape index (κ2) is 14.6. The Morgan fingerprint density at radius 3 is 2.60 bits per heavy atom. The molecule has 2 unspecified atom stereocenters. The molecule has 0 aliphatic carbocycles. The van der Waals surface area contributed by atoms with Crippen LogP contribution in [0.3, 0.4) is 0 Å². The molecule has 1 saturated heterocycles. The van der Waals surface area contributed by atoms with E-state index in [9.17, 15) is 9.83 Å². The molecule has 0 amide bonds. The summed E-state index contributed by atoms with van der Waals surface area (Å²) in [6, 6.07) is 13.1. The van der Waals surface area contributed by atoms with Gasteiger partial charge in [0.05, 0.1) is 49.7 Å². The molecular weight excluding hydrogens is 625 g/mol. The van der Waals surface area contributed by atoms with Crippen LogP contribution in [0.25, 0.3) is 10.9 Å². The first kappa shape index (κ1) is 31.4. The highest BCUT2D eigenvalue weighted by Gasteiger charge is 2.35. The number of rotatable bonds is 8. The lowest BCUT2D eigenvalue weighted by Gasteiger charge is -2.28. The molecule has 222 valence electrons. The minimum Gasteiger partial charge on any atom is -0.493 e. The zero-order chi connectivity index (χ0) is 30.1. The maximum absolute atomic E-state index is 12.9. The van der Waals surface area contributed by atoms with Crippen molar-refractivity contribution in [2.75, 3.05) is 33.9 Å². The zero-order valence-corrected chi connectivity index (χ0v) is 26.0. The SMILES string of the molecule is C1CCC[NH2+]CC1.COc1cc(C2C(C#N)=C(N)Oc3c2ccc2[nH]ccc32)cc(Br)c1OP(=O)(OC)OCCC#N. The van der Waals surface area contributed by atoms with Crippen LogP contribution in [0.1, 0.15) is 49.1 Å². The van der Waals surface area contributed by atoms with E-state index in [1.54, 1.807) is 18.3 Å². The Balaban J connectivity index is 0.000000507. The zero-order valence-electron chi connectivity index (χ0n) is 23.5. The van der Waals surface area contributed by atoms with Gasteiger partial charge in [0.2, 0.25) is 5.88 Å². The van der Waals surface area contributed by atoms with Gasteiger partial charge in [0, 0.05) is 29.8 Å². The van der Waals surface area contributed by atoms with Gasteiger partial charge >= 0.3 is 7.82 Å². The van der Waals surface area contributed by atoms with Crippen LogP contribution in [0.5, 0.6) is 17.2 Å². The van der Waals surface area contributed by atoms with Crippen molar-refractivity contribution in [3.05, 3.63) is 63.6 Å². The van der Waals surface area contributed by atoms with Crippen LogP contribution in [-0.2, 0) is 13.6 Å². The van der Waals surface area contributed by atoms with Gasteiger partial charge in [-0.15, -0.1) is 0 Å². The molecule has 2 atom stereocenters. The van der Waals surface area contributed by atoms with E-state index >= 15 is 0 Å². The molecule has 0 radical (unpaired) electrons. The number of phosphoric acid groups is 1. The first-order valence-corrected chi connectivity index (χ1v) is 15.8. The van der Waals surface area contributed by atoms with Crippen LogP contribution in [-0.4, -0.2) is 38.9 Å². The number of hydrogen-bond donors (Lipinski definition) is 3. The van der Waals surface area contributed by atoms with Crippen LogP contribution >= 0.6 is 23.8 Å². The number of nitrogens with two attached hydrogens (primary N) is 2. The van der Waals surface area contributed by atoms with E-state index in [-0.39, 0.29) is 36.0 Å². The van der Waals surface area contributed by atoms with Crippen molar-refractivity contribution in [1.29, 1.82) is 10.5 Å². The largest absolute Gasteiger partial charge is 0.529 e. The number of H-pyrrole nitrogens is 1. The number of aromatic nitrogens is 1. The normalized spacial score (nSPS) is 17.8. The highest BCUT2D eigenvalue weighted by atomic mass is 79.9. The van der Waals surface area contributed by atoms with Crippen molar-refractivity contribution in [2.45, 2.75) is 38.0 Å². The second-order valence-corrected chi connectivity index (χ2v) is 12.2.